The highest BCUT2D eigenvalue weighted by atomic mass is 32.1. The van der Waals surface area contributed by atoms with Crippen molar-refractivity contribution in [2.24, 2.45) is 0 Å². The van der Waals surface area contributed by atoms with Crippen LogP contribution in [0, 0.1) is 13.8 Å². The summed E-state index contributed by atoms with van der Waals surface area (Å²) in [6, 6.07) is 23.0. The van der Waals surface area contributed by atoms with Crippen molar-refractivity contribution in [3.05, 3.63) is 106 Å². The lowest BCUT2D eigenvalue weighted by Crippen LogP contribution is -2.17. The summed E-state index contributed by atoms with van der Waals surface area (Å²) in [5.41, 5.74) is 3.73. The lowest BCUT2D eigenvalue weighted by Gasteiger charge is -2.22. The van der Waals surface area contributed by atoms with E-state index in [1.165, 1.54) is 0 Å². The maximum atomic E-state index is 12.9. The molecule has 0 spiro atoms. The molecule has 0 aliphatic rings. The summed E-state index contributed by atoms with van der Waals surface area (Å²) in [6.07, 6.45) is 1.79. The number of amides is 1. The predicted octanol–water partition coefficient (Wildman–Crippen LogP) is 6.22. The van der Waals surface area contributed by atoms with Gasteiger partial charge in [-0.3, -0.25) is 4.79 Å². The second-order valence-electron chi connectivity index (χ2n) is 7.53. The minimum Gasteiger partial charge on any atom is -0.497 e. The van der Waals surface area contributed by atoms with E-state index in [0.717, 1.165) is 38.1 Å². The molecule has 5 nitrogen and oxygen atoms in total. The summed E-state index contributed by atoms with van der Waals surface area (Å²) in [5.74, 6) is 1.40. The Labute approximate surface area is 192 Å². The van der Waals surface area contributed by atoms with Gasteiger partial charge in [-0.2, -0.15) is 0 Å². The maximum Gasteiger partial charge on any atom is 0.256 e. The Morgan fingerprint density at radius 1 is 1.00 bits per heavy atom. The highest BCUT2D eigenvalue weighted by molar-refractivity contribution is 7.16. The summed E-state index contributed by atoms with van der Waals surface area (Å²) >= 11 is 1.56. The van der Waals surface area contributed by atoms with Gasteiger partial charge in [0.2, 0.25) is 0 Å². The molecule has 0 aliphatic carbocycles. The molecule has 0 aliphatic heterocycles. The standard InChI is InChI=1S/C26H25N3O2S/c1-17-12-13-27-23(14-17)28-24(20-10-7-11-21(16-20)31-3)22-15-18(2)32-26(22)29-25(30)19-8-5-4-6-9-19/h4-16,24H,1-3H3,(H,27,28)(H,29,30)/t24-/m1/s1. The van der Waals surface area contributed by atoms with Crippen molar-refractivity contribution >= 4 is 28.1 Å². The van der Waals surface area contributed by atoms with Crippen LogP contribution >= 0.6 is 11.3 Å². The fraction of sp³-hybridized carbons (Fsp3) is 0.154. The number of carbonyl (C=O) groups is 1. The Balaban J connectivity index is 1.74. The van der Waals surface area contributed by atoms with Gasteiger partial charge in [0.15, 0.2) is 0 Å². The summed E-state index contributed by atoms with van der Waals surface area (Å²) in [4.78, 5) is 18.5. The Morgan fingerprint density at radius 2 is 1.81 bits per heavy atom. The lowest BCUT2D eigenvalue weighted by molar-refractivity contribution is 0.102. The molecule has 162 valence electrons. The number of aryl methyl sites for hydroxylation is 2. The average Bonchev–Trinajstić information content (AvgIpc) is 3.17. The Kier molecular flexibility index (Phi) is 6.52. The quantitative estimate of drug-likeness (QED) is 0.356. The van der Waals surface area contributed by atoms with E-state index in [1.54, 1.807) is 24.6 Å². The zero-order valence-electron chi connectivity index (χ0n) is 18.3. The lowest BCUT2D eigenvalue weighted by atomic mass is 9.99. The molecule has 2 heterocycles. The van der Waals surface area contributed by atoms with Crippen LogP contribution in [0.4, 0.5) is 10.8 Å². The first-order valence-corrected chi connectivity index (χ1v) is 11.1. The van der Waals surface area contributed by atoms with E-state index < -0.39 is 0 Å². The van der Waals surface area contributed by atoms with Crippen LogP contribution in [-0.4, -0.2) is 18.0 Å². The second kappa shape index (κ2) is 9.66. The largest absolute Gasteiger partial charge is 0.497 e. The molecule has 2 aromatic carbocycles. The van der Waals surface area contributed by atoms with Gasteiger partial charge in [-0.25, -0.2) is 4.98 Å². The number of anilines is 2. The molecule has 4 aromatic rings. The van der Waals surface area contributed by atoms with Crippen molar-refractivity contribution in [1.29, 1.82) is 0 Å². The van der Waals surface area contributed by atoms with Gasteiger partial charge in [-0.05, 0) is 67.4 Å². The summed E-state index contributed by atoms with van der Waals surface area (Å²) in [7, 11) is 1.66. The van der Waals surface area contributed by atoms with Gasteiger partial charge >= 0.3 is 0 Å². The highest BCUT2D eigenvalue weighted by Gasteiger charge is 2.22. The van der Waals surface area contributed by atoms with E-state index >= 15 is 0 Å². The number of rotatable bonds is 7. The van der Waals surface area contributed by atoms with Crippen LogP contribution in [-0.2, 0) is 0 Å². The van der Waals surface area contributed by atoms with E-state index in [4.69, 9.17) is 4.74 Å². The molecule has 6 heteroatoms. The predicted molar refractivity (Wildman–Crippen MR) is 131 cm³/mol. The van der Waals surface area contributed by atoms with Crippen molar-refractivity contribution in [2.45, 2.75) is 19.9 Å². The van der Waals surface area contributed by atoms with Gasteiger partial charge < -0.3 is 15.4 Å². The molecular weight excluding hydrogens is 418 g/mol. The molecule has 0 saturated carbocycles. The molecule has 2 N–H and O–H groups in total. The number of nitrogens with zero attached hydrogens (tertiary/aromatic N) is 1. The summed E-state index contributed by atoms with van der Waals surface area (Å²) < 4.78 is 5.46. The van der Waals surface area contributed by atoms with Crippen LogP contribution in [0.2, 0.25) is 0 Å². The normalized spacial score (nSPS) is 11.6. The van der Waals surface area contributed by atoms with Crippen LogP contribution in [0.1, 0.15) is 38.0 Å². The number of ether oxygens (including phenoxy) is 1. The van der Waals surface area contributed by atoms with E-state index in [-0.39, 0.29) is 11.9 Å². The zero-order valence-corrected chi connectivity index (χ0v) is 19.1. The number of pyridine rings is 1. The van der Waals surface area contributed by atoms with Crippen LogP contribution in [0.5, 0.6) is 5.75 Å². The third-order valence-electron chi connectivity index (χ3n) is 5.09. The summed E-state index contributed by atoms with van der Waals surface area (Å²) in [5, 5.41) is 7.48. The maximum absolute atomic E-state index is 12.9. The van der Waals surface area contributed by atoms with E-state index in [0.29, 0.717) is 5.56 Å². The number of hydrogen-bond acceptors (Lipinski definition) is 5. The average molecular weight is 444 g/mol. The molecule has 4 rings (SSSR count). The first-order valence-electron chi connectivity index (χ1n) is 10.3. The van der Waals surface area contributed by atoms with Crippen molar-refractivity contribution in [3.8, 4) is 5.75 Å². The van der Waals surface area contributed by atoms with Crippen LogP contribution in [0.25, 0.3) is 0 Å². The van der Waals surface area contributed by atoms with Crippen LogP contribution in [0.3, 0.4) is 0 Å². The molecule has 1 amide bonds. The topological polar surface area (TPSA) is 63.2 Å². The molecular formula is C26H25N3O2S. The number of aromatic nitrogens is 1. The van der Waals surface area contributed by atoms with Gasteiger partial charge in [0.25, 0.3) is 5.91 Å². The molecule has 1 atom stereocenters. The molecule has 0 radical (unpaired) electrons. The fourth-order valence-electron chi connectivity index (χ4n) is 3.54. The van der Waals surface area contributed by atoms with Crippen molar-refractivity contribution in [2.75, 3.05) is 17.7 Å². The first kappa shape index (κ1) is 21.6. The number of hydrogen-bond donors (Lipinski definition) is 2. The molecule has 0 saturated heterocycles. The number of nitrogens with one attached hydrogen (secondary N) is 2. The SMILES string of the molecule is COc1cccc([C@@H](Nc2cc(C)ccn2)c2cc(C)sc2NC(=O)c2ccccc2)c1. The van der Waals surface area contributed by atoms with Crippen molar-refractivity contribution in [3.63, 3.8) is 0 Å². The molecule has 0 fully saturated rings. The van der Waals surface area contributed by atoms with Gasteiger partial charge in [0.1, 0.15) is 16.6 Å². The number of carbonyl (C=O) groups excluding carboxylic acids is 1. The molecule has 0 unspecified atom stereocenters. The smallest absolute Gasteiger partial charge is 0.256 e. The van der Waals surface area contributed by atoms with E-state index in [9.17, 15) is 4.79 Å². The minimum atomic E-state index is -0.226. The van der Waals surface area contributed by atoms with E-state index in [2.05, 4.69) is 21.7 Å². The number of methoxy groups -OCH3 is 1. The number of benzene rings is 2. The first-order chi connectivity index (χ1) is 15.5. The third kappa shape index (κ3) is 4.98. The van der Waals surface area contributed by atoms with Gasteiger partial charge in [0, 0.05) is 22.2 Å². The molecule has 32 heavy (non-hydrogen) atoms. The van der Waals surface area contributed by atoms with E-state index in [1.807, 2.05) is 80.6 Å². The highest BCUT2D eigenvalue weighted by Crippen LogP contribution is 2.38. The van der Waals surface area contributed by atoms with Crippen molar-refractivity contribution < 1.29 is 9.53 Å². The number of thiophene rings is 1. The van der Waals surface area contributed by atoms with Gasteiger partial charge in [-0.1, -0.05) is 30.3 Å². The Morgan fingerprint density at radius 3 is 2.56 bits per heavy atom. The second-order valence-corrected chi connectivity index (χ2v) is 8.79. The third-order valence-corrected chi connectivity index (χ3v) is 6.07. The minimum absolute atomic E-state index is 0.133. The van der Waals surface area contributed by atoms with Gasteiger partial charge in [-0.15, -0.1) is 11.3 Å². The van der Waals surface area contributed by atoms with Crippen LogP contribution in [0.15, 0.2) is 79.0 Å². The molecule has 0 bridgehead atoms. The zero-order chi connectivity index (χ0) is 22.5. The van der Waals surface area contributed by atoms with Gasteiger partial charge in [0.05, 0.1) is 13.2 Å². The monoisotopic (exact) mass is 443 g/mol. The molecule has 2 aromatic heterocycles. The fourth-order valence-corrected chi connectivity index (χ4v) is 4.48. The Bertz CT molecular complexity index is 1220. The summed E-state index contributed by atoms with van der Waals surface area (Å²) in [6.45, 7) is 4.08. The van der Waals surface area contributed by atoms with Crippen molar-refractivity contribution in [1.82, 2.24) is 4.98 Å². The Hall–Kier alpha value is -3.64. The van der Waals surface area contributed by atoms with Crippen LogP contribution < -0.4 is 15.4 Å².